The first-order valence-electron chi connectivity index (χ1n) is 17.5. The van der Waals surface area contributed by atoms with Crippen molar-refractivity contribution in [3.63, 3.8) is 0 Å². The number of carbonyl (C=O) groups excluding carboxylic acids is 1. The van der Waals surface area contributed by atoms with Crippen LogP contribution in [-0.2, 0) is 23.9 Å². The van der Waals surface area contributed by atoms with E-state index in [0.29, 0.717) is 36.6 Å². The predicted octanol–water partition coefficient (Wildman–Crippen LogP) is 9.68. The smallest absolute Gasteiger partial charge is 0.339 e. The number of alkyl halides is 3. The molecule has 1 aliphatic carbocycles. The van der Waals surface area contributed by atoms with Crippen molar-refractivity contribution in [2.75, 3.05) is 19.6 Å². The maximum Gasteiger partial charge on any atom is 0.416 e. The number of rotatable bonds is 10. The summed E-state index contributed by atoms with van der Waals surface area (Å²) < 4.78 is 67.9. The van der Waals surface area contributed by atoms with Crippen LogP contribution in [0.1, 0.15) is 69.1 Å². The van der Waals surface area contributed by atoms with Gasteiger partial charge in [-0.05, 0) is 116 Å². The molecule has 6 rings (SSSR count). The van der Waals surface area contributed by atoms with Crippen molar-refractivity contribution in [3.8, 4) is 11.1 Å². The van der Waals surface area contributed by atoms with Gasteiger partial charge in [0.15, 0.2) is 11.6 Å². The van der Waals surface area contributed by atoms with Crippen LogP contribution in [0.3, 0.4) is 0 Å². The summed E-state index contributed by atoms with van der Waals surface area (Å²) in [5.74, 6) is -1.72. The molecule has 0 saturated carbocycles. The van der Waals surface area contributed by atoms with E-state index in [4.69, 9.17) is 0 Å². The van der Waals surface area contributed by atoms with Gasteiger partial charge in [-0.25, -0.2) is 8.78 Å². The second-order valence-corrected chi connectivity index (χ2v) is 13.9. The van der Waals surface area contributed by atoms with Crippen molar-refractivity contribution in [2.45, 2.75) is 83.6 Å². The number of aryl methyl sites for hydroxylation is 1. The number of amides is 1. The average molecular weight is 690 g/mol. The Morgan fingerprint density at radius 3 is 2.22 bits per heavy atom. The Morgan fingerprint density at radius 1 is 0.920 bits per heavy atom. The SMILES string of the molecule is C=C1C=C(CCc2cccc(F)c2F)N(CC(=O)N(Cc2ccc(-c3ccc(C(F)(F)F)cc3)cc2)C2CCN(C(C)C)CC2)C2=C1CCC2. The highest BCUT2D eigenvalue weighted by atomic mass is 19.4. The van der Waals surface area contributed by atoms with E-state index < -0.39 is 23.4 Å². The second kappa shape index (κ2) is 14.9. The minimum Gasteiger partial charge on any atom is -0.339 e. The monoisotopic (exact) mass is 689 g/mol. The molecule has 3 aromatic rings. The largest absolute Gasteiger partial charge is 0.416 e. The van der Waals surface area contributed by atoms with Crippen molar-refractivity contribution >= 4 is 5.91 Å². The number of hydrogen-bond acceptors (Lipinski definition) is 3. The molecule has 0 atom stereocenters. The third kappa shape index (κ3) is 7.88. The van der Waals surface area contributed by atoms with E-state index in [-0.39, 0.29) is 18.5 Å². The number of piperidine rings is 1. The Hall–Kier alpha value is -4.24. The fraction of sp³-hybridized carbons (Fsp3) is 0.390. The molecule has 0 N–H and O–H groups in total. The Morgan fingerprint density at radius 2 is 1.58 bits per heavy atom. The predicted molar refractivity (Wildman–Crippen MR) is 187 cm³/mol. The molecule has 2 heterocycles. The van der Waals surface area contributed by atoms with Gasteiger partial charge in [0.25, 0.3) is 0 Å². The van der Waals surface area contributed by atoms with Gasteiger partial charge in [0.1, 0.15) is 6.54 Å². The van der Waals surface area contributed by atoms with Gasteiger partial charge in [-0.3, -0.25) is 4.79 Å². The first kappa shape index (κ1) is 35.6. The molecule has 1 fully saturated rings. The molecule has 0 aromatic heterocycles. The summed E-state index contributed by atoms with van der Waals surface area (Å²) in [6, 6.07) is 17.5. The molecular weight excluding hydrogens is 645 g/mol. The van der Waals surface area contributed by atoms with Crippen LogP contribution >= 0.6 is 0 Å². The molecule has 0 spiro atoms. The lowest BCUT2D eigenvalue weighted by atomic mass is 9.96. The molecule has 0 unspecified atom stereocenters. The van der Waals surface area contributed by atoms with Crippen LogP contribution < -0.4 is 0 Å². The Labute approximate surface area is 291 Å². The van der Waals surface area contributed by atoms with E-state index >= 15 is 0 Å². The Bertz CT molecular complexity index is 1770. The van der Waals surface area contributed by atoms with Gasteiger partial charge in [-0.1, -0.05) is 55.1 Å². The lowest BCUT2D eigenvalue weighted by molar-refractivity contribution is -0.137. The second-order valence-electron chi connectivity index (χ2n) is 13.9. The van der Waals surface area contributed by atoms with Gasteiger partial charge < -0.3 is 14.7 Å². The molecule has 1 saturated heterocycles. The minimum absolute atomic E-state index is 0.00564. The lowest BCUT2D eigenvalue weighted by Gasteiger charge is -2.41. The van der Waals surface area contributed by atoms with Crippen LogP contribution in [-0.4, -0.2) is 52.3 Å². The van der Waals surface area contributed by atoms with Crippen LogP contribution in [0, 0.1) is 11.6 Å². The Balaban J connectivity index is 1.23. The van der Waals surface area contributed by atoms with E-state index in [1.165, 1.54) is 18.2 Å². The Kier molecular flexibility index (Phi) is 10.6. The summed E-state index contributed by atoms with van der Waals surface area (Å²) in [5.41, 5.74) is 6.08. The molecule has 2 aliphatic heterocycles. The molecule has 3 aromatic carbocycles. The average Bonchev–Trinajstić information content (AvgIpc) is 3.60. The van der Waals surface area contributed by atoms with Crippen LogP contribution in [0.2, 0.25) is 0 Å². The summed E-state index contributed by atoms with van der Waals surface area (Å²) in [4.78, 5) is 21.0. The zero-order valence-corrected chi connectivity index (χ0v) is 28.7. The quantitative estimate of drug-likeness (QED) is 0.199. The first-order chi connectivity index (χ1) is 23.9. The molecular formula is C41H44F5N3O. The summed E-state index contributed by atoms with van der Waals surface area (Å²) in [6.07, 6.45) is 2.71. The van der Waals surface area contributed by atoms with Crippen molar-refractivity contribution in [1.82, 2.24) is 14.7 Å². The van der Waals surface area contributed by atoms with E-state index in [0.717, 1.165) is 97.1 Å². The number of carbonyl (C=O) groups is 1. The highest BCUT2D eigenvalue weighted by molar-refractivity contribution is 5.79. The third-order valence-electron chi connectivity index (χ3n) is 10.4. The van der Waals surface area contributed by atoms with Gasteiger partial charge in [0.2, 0.25) is 5.91 Å². The molecule has 3 aliphatic rings. The van der Waals surface area contributed by atoms with Gasteiger partial charge in [0, 0.05) is 43.1 Å². The number of allylic oxidation sites excluding steroid dienone is 5. The van der Waals surface area contributed by atoms with Crippen molar-refractivity contribution < 1.29 is 26.7 Å². The number of likely N-dealkylation sites (tertiary alicyclic amines) is 1. The van der Waals surface area contributed by atoms with Crippen molar-refractivity contribution in [2.24, 2.45) is 0 Å². The van der Waals surface area contributed by atoms with Crippen LogP contribution in [0.5, 0.6) is 0 Å². The number of nitrogens with zero attached hydrogens (tertiary/aromatic N) is 3. The van der Waals surface area contributed by atoms with E-state index in [9.17, 15) is 26.7 Å². The van der Waals surface area contributed by atoms with E-state index in [1.54, 1.807) is 6.07 Å². The lowest BCUT2D eigenvalue weighted by Crippen LogP contribution is -2.50. The zero-order chi connectivity index (χ0) is 35.6. The van der Waals surface area contributed by atoms with Crippen LogP contribution in [0.25, 0.3) is 11.1 Å². The summed E-state index contributed by atoms with van der Waals surface area (Å²) in [5, 5.41) is 0. The van der Waals surface area contributed by atoms with Crippen LogP contribution in [0.4, 0.5) is 22.0 Å². The van der Waals surface area contributed by atoms with Gasteiger partial charge >= 0.3 is 6.18 Å². The highest BCUT2D eigenvalue weighted by Gasteiger charge is 2.34. The normalized spacial score (nSPS) is 17.4. The first-order valence-corrected chi connectivity index (χ1v) is 17.5. The maximum absolute atomic E-state index is 14.6. The number of hydrogen-bond donors (Lipinski definition) is 0. The fourth-order valence-electron chi connectivity index (χ4n) is 7.53. The van der Waals surface area contributed by atoms with Crippen molar-refractivity contribution in [1.29, 1.82) is 0 Å². The molecule has 0 bridgehead atoms. The third-order valence-corrected chi connectivity index (χ3v) is 10.4. The van der Waals surface area contributed by atoms with Gasteiger partial charge in [-0.15, -0.1) is 0 Å². The van der Waals surface area contributed by atoms with Gasteiger partial charge in [-0.2, -0.15) is 13.2 Å². The zero-order valence-electron chi connectivity index (χ0n) is 28.7. The summed E-state index contributed by atoms with van der Waals surface area (Å²) in [6.45, 7) is 11.0. The van der Waals surface area contributed by atoms with Crippen LogP contribution in [0.15, 0.2) is 102 Å². The minimum atomic E-state index is -4.39. The molecule has 50 heavy (non-hydrogen) atoms. The molecule has 1 amide bonds. The highest BCUT2D eigenvalue weighted by Crippen LogP contribution is 2.40. The summed E-state index contributed by atoms with van der Waals surface area (Å²) >= 11 is 0. The molecule has 4 nitrogen and oxygen atoms in total. The topological polar surface area (TPSA) is 26.8 Å². The molecule has 9 heteroatoms. The molecule has 0 radical (unpaired) electrons. The fourth-order valence-corrected chi connectivity index (χ4v) is 7.53. The standard InChI is InChI=1S/C41H44F5N3O/c1-27(2)47-22-20-34(21-23-47)49(25-29-10-12-30(13-11-29)31-14-17-33(18-15-31)41(44,45)46)39(50)26-48-35(24-28(3)36-7-5-9-38(36)48)19-16-32-6-4-8-37(42)40(32)43/h4,6,8,10-15,17-18,24,27,34H,3,5,7,9,16,19-23,25-26H2,1-2H3. The number of halogens is 5. The maximum atomic E-state index is 14.6. The number of benzene rings is 3. The van der Waals surface area contributed by atoms with E-state index in [1.807, 2.05) is 35.2 Å². The molecule has 264 valence electrons. The van der Waals surface area contributed by atoms with E-state index in [2.05, 4.69) is 30.2 Å². The van der Waals surface area contributed by atoms with Gasteiger partial charge in [0.05, 0.1) is 5.56 Å². The summed E-state index contributed by atoms with van der Waals surface area (Å²) in [7, 11) is 0. The van der Waals surface area contributed by atoms with Crippen molar-refractivity contribution in [3.05, 3.63) is 130 Å².